The van der Waals surface area contributed by atoms with E-state index in [0.29, 0.717) is 11.8 Å². The van der Waals surface area contributed by atoms with Crippen molar-refractivity contribution in [2.45, 2.75) is 39.0 Å². The summed E-state index contributed by atoms with van der Waals surface area (Å²) in [6.45, 7) is 7.26. The van der Waals surface area contributed by atoms with Crippen molar-refractivity contribution in [2.75, 3.05) is 6.54 Å². The molecule has 86 valence electrons. The minimum atomic E-state index is 0.0854. The first kappa shape index (κ1) is 11.2. The van der Waals surface area contributed by atoms with Crippen molar-refractivity contribution in [3.8, 4) is 0 Å². The molecule has 0 spiro atoms. The van der Waals surface area contributed by atoms with Crippen molar-refractivity contribution >= 4 is 5.91 Å². The number of carbonyl (C=O) groups is 1. The molecule has 0 aromatic heterocycles. The summed E-state index contributed by atoms with van der Waals surface area (Å²) in [7, 11) is 0. The van der Waals surface area contributed by atoms with Gasteiger partial charge in [-0.1, -0.05) is 32.9 Å². The Morgan fingerprint density at radius 1 is 1.44 bits per heavy atom. The van der Waals surface area contributed by atoms with Crippen LogP contribution in [0, 0.1) is 0 Å². The van der Waals surface area contributed by atoms with E-state index in [0.717, 1.165) is 18.5 Å². The van der Waals surface area contributed by atoms with Crippen LogP contribution in [0.5, 0.6) is 0 Å². The molecule has 1 N–H and O–H groups in total. The standard InChI is InChI=1S/C14H19NO/c1-4-10-8-15-14(16)13-7-11(9(2)3)5-6-12(10)13/h5-7,9-10H,4,8H2,1-3H3,(H,15,16). The molecular formula is C14H19NO. The van der Waals surface area contributed by atoms with Gasteiger partial charge in [-0.05, 0) is 29.5 Å². The second kappa shape index (κ2) is 4.28. The Kier molecular flexibility index (Phi) is 2.99. The Morgan fingerprint density at radius 3 is 2.81 bits per heavy atom. The summed E-state index contributed by atoms with van der Waals surface area (Å²) in [6, 6.07) is 6.35. The van der Waals surface area contributed by atoms with Crippen LogP contribution in [0.3, 0.4) is 0 Å². The summed E-state index contributed by atoms with van der Waals surface area (Å²) in [5.74, 6) is 1.04. The van der Waals surface area contributed by atoms with Crippen LogP contribution in [0.25, 0.3) is 0 Å². The van der Waals surface area contributed by atoms with Crippen molar-refractivity contribution < 1.29 is 4.79 Å². The number of hydrogen-bond acceptors (Lipinski definition) is 1. The summed E-state index contributed by atoms with van der Waals surface area (Å²) in [5, 5.41) is 2.97. The molecule has 1 atom stereocenters. The van der Waals surface area contributed by atoms with Crippen LogP contribution in [-0.4, -0.2) is 12.5 Å². The molecule has 0 saturated heterocycles. The van der Waals surface area contributed by atoms with Gasteiger partial charge in [0.2, 0.25) is 0 Å². The van der Waals surface area contributed by atoms with E-state index < -0.39 is 0 Å². The van der Waals surface area contributed by atoms with Gasteiger partial charge in [0.25, 0.3) is 5.91 Å². The summed E-state index contributed by atoms with van der Waals surface area (Å²) in [5.41, 5.74) is 3.34. The van der Waals surface area contributed by atoms with Gasteiger partial charge in [0.05, 0.1) is 0 Å². The molecule has 1 aliphatic heterocycles. The maximum absolute atomic E-state index is 11.8. The number of amides is 1. The lowest BCUT2D eigenvalue weighted by molar-refractivity contribution is 0.0939. The third kappa shape index (κ3) is 1.84. The highest BCUT2D eigenvalue weighted by Gasteiger charge is 2.24. The number of hydrogen-bond donors (Lipinski definition) is 1. The minimum Gasteiger partial charge on any atom is -0.351 e. The maximum atomic E-state index is 11.8. The van der Waals surface area contributed by atoms with Crippen LogP contribution in [-0.2, 0) is 0 Å². The predicted octanol–water partition coefficient (Wildman–Crippen LogP) is 3.05. The molecule has 2 rings (SSSR count). The van der Waals surface area contributed by atoms with Gasteiger partial charge in [0.1, 0.15) is 0 Å². The van der Waals surface area contributed by atoms with Crippen LogP contribution < -0.4 is 5.32 Å². The topological polar surface area (TPSA) is 29.1 Å². The van der Waals surface area contributed by atoms with Gasteiger partial charge in [-0.3, -0.25) is 4.79 Å². The van der Waals surface area contributed by atoms with Gasteiger partial charge in [0.15, 0.2) is 0 Å². The molecule has 1 heterocycles. The zero-order chi connectivity index (χ0) is 11.7. The molecule has 0 radical (unpaired) electrons. The van der Waals surface area contributed by atoms with E-state index in [1.54, 1.807) is 0 Å². The zero-order valence-electron chi connectivity index (χ0n) is 10.2. The fraction of sp³-hybridized carbons (Fsp3) is 0.500. The van der Waals surface area contributed by atoms with Crippen molar-refractivity contribution in [1.82, 2.24) is 5.32 Å². The van der Waals surface area contributed by atoms with Crippen LogP contribution >= 0.6 is 0 Å². The monoisotopic (exact) mass is 217 g/mol. The first-order valence-corrected chi connectivity index (χ1v) is 6.05. The van der Waals surface area contributed by atoms with Crippen LogP contribution in [0.1, 0.15) is 60.5 Å². The molecule has 2 heteroatoms. The zero-order valence-corrected chi connectivity index (χ0v) is 10.2. The van der Waals surface area contributed by atoms with E-state index in [1.807, 2.05) is 0 Å². The first-order chi connectivity index (χ1) is 7.63. The quantitative estimate of drug-likeness (QED) is 0.810. The average Bonchev–Trinajstić information content (AvgIpc) is 2.29. The molecule has 0 saturated carbocycles. The van der Waals surface area contributed by atoms with Gasteiger partial charge in [-0.15, -0.1) is 0 Å². The molecule has 1 amide bonds. The number of fused-ring (bicyclic) bond motifs is 1. The fourth-order valence-corrected chi connectivity index (χ4v) is 2.27. The molecule has 0 fully saturated rings. The summed E-state index contributed by atoms with van der Waals surface area (Å²) in [6.07, 6.45) is 1.08. The number of nitrogens with one attached hydrogen (secondary N) is 1. The van der Waals surface area contributed by atoms with E-state index in [9.17, 15) is 4.79 Å². The molecule has 16 heavy (non-hydrogen) atoms. The van der Waals surface area contributed by atoms with Crippen molar-refractivity contribution in [2.24, 2.45) is 0 Å². The fourth-order valence-electron chi connectivity index (χ4n) is 2.27. The highest BCUT2D eigenvalue weighted by atomic mass is 16.1. The summed E-state index contributed by atoms with van der Waals surface area (Å²) in [4.78, 5) is 11.8. The Labute approximate surface area is 97.1 Å². The Balaban J connectivity index is 2.47. The third-order valence-corrected chi connectivity index (χ3v) is 3.43. The third-order valence-electron chi connectivity index (χ3n) is 3.43. The number of benzene rings is 1. The molecule has 0 bridgehead atoms. The van der Waals surface area contributed by atoms with E-state index >= 15 is 0 Å². The first-order valence-electron chi connectivity index (χ1n) is 6.05. The molecule has 1 aliphatic rings. The normalized spacial score (nSPS) is 19.5. The summed E-state index contributed by atoms with van der Waals surface area (Å²) >= 11 is 0. The number of rotatable bonds is 2. The largest absolute Gasteiger partial charge is 0.351 e. The molecule has 1 unspecified atom stereocenters. The van der Waals surface area contributed by atoms with Crippen molar-refractivity contribution in [3.63, 3.8) is 0 Å². The van der Waals surface area contributed by atoms with Gasteiger partial charge in [-0.2, -0.15) is 0 Å². The van der Waals surface area contributed by atoms with E-state index in [2.05, 4.69) is 44.3 Å². The summed E-state index contributed by atoms with van der Waals surface area (Å²) < 4.78 is 0. The van der Waals surface area contributed by atoms with E-state index in [-0.39, 0.29) is 5.91 Å². The van der Waals surface area contributed by atoms with Gasteiger partial charge in [-0.25, -0.2) is 0 Å². The average molecular weight is 217 g/mol. The van der Waals surface area contributed by atoms with Crippen molar-refractivity contribution in [1.29, 1.82) is 0 Å². The van der Waals surface area contributed by atoms with Crippen LogP contribution in [0.2, 0.25) is 0 Å². The minimum absolute atomic E-state index is 0.0854. The van der Waals surface area contributed by atoms with Gasteiger partial charge in [0, 0.05) is 18.0 Å². The highest BCUT2D eigenvalue weighted by molar-refractivity contribution is 5.97. The second-order valence-electron chi connectivity index (χ2n) is 4.82. The molecule has 2 nitrogen and oxygen atoms in total. The van der Waals surface area contributed by atoms with Crippen LogP contribution in [0.15, 0.2) is 18.2 Å². The lowest BCUT2D eigenvalue weighted by Crippen LogP contribution is -2.34. The smallest absolute Gasteiger partial charge is 0.251 e. The highest BCUT2D eigenvalue weighted by Crippen LogP contribution is 2.29. The van der Waals surface area contributed by atoms with Gasteiger partial charge < -0.3 is 5.32 Å². The van der Waals surface area contributed by atoms with E-state index in [4.69, 9.17) is 0 Å². The molecule has 1 aromatic carbocycles. The molecule has 1 aromatic rings. The Hall–Kier alpha value is -1.31. The Morgan fingerprint density at radius 2 is 2.19 bits per heavy atom. The SMILES string of the molecule is CCC1CNC(=O)c2cc(C(C)C)ccc21. The van der Waals surface area contributed by atoms with Gasteiger partial charge >= 0.3 is 0 Å². The predicted molar refractivity (Wildman–Crippen MR) is 65.9 cm³/mol. The maximum Gasteiger partial charge on any atom is 0.251 e. The molecular weight excluding hydrogens is 198 g/mol. The lowest BCUT2D eigenvalue weighted by Gasteiger charge is -2.25. The van der Waals surface area contributed by atoms with Crippen molar-refractivity contribution in [3.05, 3.63) is 34.9 Å². The number of carbonyl (C=O) groups excluding carboxylic acids is 1. The lowest BCUT2D eigenvalue weighted by atomic mass is 9.86. The molecule has 0 aliphatic carbocycles. The van der Waals surface area contributed by atoms with E-state index in [1.165, 1.54) is 11.1 Å². The Bertz CT molecular complexity index is 409. The second-order valence-corrected chi connectivity index (χ2v) is 4.82. The van der Waals surface area contributed by atoms with Crippen LogP contribution in [0.4, 0.5) is 0 Å².